The van der Waals surface area contributed by atoms with E-state index in [2.05, 4.69) is 31.2 Å². The molecule has 0 radical (unpaired) electrons. The zero-order valence-electron chi connectivity index (χ0n) is 11.9. The Hall–Kier alpha value is -1.51. The number of nitrogens with two attached hydrogens (primary N) is 1. The van der Waals surface area contributed by atoms with Gasteiger partial charge in [0.15, 0.2) is 0 Å². The van der Waals surface area contributed by atoms with Crippen LogP contribution in [0.4, 0.5) is 0 Å². The van der Waals surface area contributed by atoms with E-state index < -0.39 is 0 Å². The molecule has 2 aromatic rings. The number of aryl methyl sites for hydroxylation is 1. The molecule has 1 atom stereocenters. The van der Waals surface area contributed by atoms with Gasteiger partial charge >= 0.3 is 0 Å². The van der Waals surface area contributed by atoms with Gasteiger partial charge in [0.25, 0.3) is 0 Å². The van der Waals surface area contributed by atoms with Gasteiger partial charge in [-0.2, -0.15) is 0 Å². The molecule has 2 nitrogen and oxygen atoms in total. The van der Waals surface area contributed by atoms with Crippen LogP contribution in [0.1, 0.15) is 29.5 Å². The first-order valence-corrected chi connectivity index (χ1v) is 7.16. The van der Waals surface area contributed by atoms with Gasteiger partial charge < -0.3 is 10.5 Å². The van der Waals surface area contributed by atoms with E-state index in [9.17, 15) is 0 Å². The van der Waals surface area contributed by atoms with Crippen LogP contribution in [0.5, 0.6) is 5.75 Å². The van der Waals surface area contributed by atoms with Crippen LogP contribution in [-0.4, -0.2) is 6.54 Å². The topological polar surface area (TPSA) is 35.2 Å². The monoisotopic (exact) mass is 289 g/mol. The molecule has 106 valence electrons. The van der Waals surface area contributed by atoms with Gasteiger partial charge in [0.2, 0.25) is 0 Å². The van der Waals surface area contributed by atoms with E-state index in [-0.39, 0.29) is 0 Å². The van der Waals surface area contributed by atoms with Crippen LogP contribution in [-0.2, 0) is 6.61 Å². The number of hydrogen-bond donors (Lipinski definition) is 1. The van der Waals surface area contributed by atoms with Gasteiger partial charge in [0.1, 0.15) is 12.4 Å². The van der Waals surface area contributed by atoms with E-state index in [4.69, 9.17) is 22.1 Å². The highest BCUT2D eigenvalue weighted by Crippen LogP contribution is 2.23. The van der Waals surface area contributed by atoms with Crippen molar-refractivity contribution in [2.75, 3.05) is 6.54 Å². The molecular formula is C17H20ClNO. The Kier molecular flexibility index (Phi) is 5.05. The standard InChI is InChI=1S/C17H20ClNO/c1-12-9-16(18)7-8-17(12)20-11-14-3-5-15(6-4-14)13(2)10-19/h3-9,13H,10-11,19H2,1-2H3. The average molecular weight is 290 g/mol. The molecule has 0 aromatic heterocycles. The van der Waals surface area contributed by atoms with Gasteiger partial charge in [-0.25, -0.2) is 0 Å². The zero-order chi connectivity index (χ0) is 14.5. The highest BCUT2D eigenvalue weighted by atomic mass is 35.5. The SMILES string of the molecule is Cc1cc(Cl)ccc1OCc1ccc(C(C)CN)cc1. The van der Waals surface area contributed by atoms with Crippen molar-refractivity contribution in [1.29, 1.82) is 0 Å². The Morgan fingerprint density at radius 3 is 2.45 bits per heavy atom. The molecule has 1 unspecified atom stereocenters. The Morgan fingerprint density at radius 1 is 1.15 bits per heavy atom. The lowest BCUT2D eigenvalue weighted by atomic mass is 10.0. The number of halogens is 1. The predicted octanol–water partition coefficient (Wildman–Crippen LogP) is 4.29. The van der Waals surface area contributed by atoms with Crippen molar-refractivity contribution < 1.29 is 4.74 Å². The highest BCUT2D eigenvalue weighted by molar-refractivity contribution is 6.30. The van der Waals surface area contributed by atoms with Crippen LogP contribution in [0, 0.1) is 6.92 Å². The summed E-state index contributed by atoms with van der Waals surface area (Å²) >= 11 is 5.93. The van der Waals surface area contributed by atoms with Crippen molar-refractivity contribution in [3.63, 3.8) is 0 Å². The first kappa shape index (κ1) is 14.9. The summed E-state index contributed by atoms with van der Waals surface area (Å²) in [4.78, 5) is 0. The minimum atomic E-state index is 0.392. The molecule has 0 amide bonds. The third-order valence-corrected chi connectivity index (χ3v) is 3.67. The van der Waals surface area contributed by atoms with Crippen molar-refractivity contribution in [3.05, 3.63) is 64.2 Å². The highest BCUT2D eigenvalue weighted by Gasteiger charge is 2.04. The molecule has 20 heavy (non-hydrogen) atoms. The van der Waals surface area contributed by atoms with Crippen LogP contribution in [0.3, 0.4) is 0 Å². The normalized spacial score (nSPS) is 12.2. The van der Waals surface area contributed by atoms with Crippen LogP contribution >= 0.6 is 11.6 Å². The number of benzene rings is 2. The van der Waals surface area contributed by atoms with E-state index in [1.807, 2.05) is 25.1 Å². The predicted molar refractivity (Wildman–Crippen MR) is 84.4 cm³/mol. The third kappa shape index (κ3) is 3.75. The minimum Gasteiger partial charge on any atom is -0.489 e. The van der Waals surface area contributed by atoms with Gasteiger partial charge in [-0.3, -0.25) is 0 Å². The third-order valence-electron chi connectivity index (χ3n) is 3.43. The molecule has 0 aliphatic rings. The molecular weight excluding hydrogens is 270 g/mol. The molecule has 0 fully saturated rings. The van der Waals surface area contributed by atoms with Gasteiger partial charge in [0, 0.05) is 5.02 Å². The quantitative estimate of drug-likeness (QED) is 0.891. The first-order chi connectivity index (χ1) is 9.60. The largest absolute Gasteiger partial charge is 0.489 e. The number of rotatable bonds is 5. The van der Waals surface area contributed by atoms with Gasteiger partial charge in [-0.05, 0) is 54.3 Å². The van der Waals surface area contributed by atoms with Gasteiger partial charge in [-0.1, -0.05) is 42.8 Å². The van der Waals surface area contributed by atoms with Crippen LogP contribution in [0.2, 0.25) is 5.02 Å². The molecule has 0 aliphatic heterocycles. The molecule has 2 rings (SSSR count). The summed E-state index contributed by atoms with van der Waals surface area (Å²) in [6, 6.07) is 14.1. The van der Waals surface area contributed by atoms with Crippen molar-refractivity contribution in [2.24, 2.45) is 5.73 Å². The molecule has 0 aliphatic carbocycles. The van der Waals surface area contributed by atoms with Crippen LogP contribution < -0.4 is 10.5 Å². The summed E-state index contributed by atoms with van der Waals surface area (Å²) in [5.74, 6) is 1.26. The van der Waals surface area contributed by atoms with E-state index in [0.29, 0.717) is 19.1 Å². The van der Waals surface area contributed by atoms with E-state index >= 15 is 0 Å². The fourth-order valence-corrected chi connectivity index (χ4v) is 2.24. The fraction of sp³-hybridized carbons (Fsp3) is 0.294. The van der Waals surface area contributed by atoms with E-state index in [0.717, 1.165) is 21.9 Å². The van der Waals surface area contributed by atoms with Crippen molar-refractivity contribution >= 4 is 11.6 Å². The lowest BCUT2D eigenvalue weighted by Gasteiger charge is -2.11. The van der Waals surface area contributed by atoms with Crippen molar-refractivity contribution in [1.82, 2.24) is 0 Å². The Morgan fingerprint density at radius 2 is 1.85 bits per heavy atom. The Bertz CT molecular complexity index is 566. The molecule has 0 heterocycles. The molecule has 3 heteroatoms. The summed E-state index contributed by atoms with van der Waals surface area (Å²) in [6.07, 6.45) is 0. The first-order valence-electron chi connectivity index (χ1n) is 6.78. The Labute approximate surface area is 125 Å². The summed E-state index contributed by atoms with van der Waals surface area (Å²) in [5.41, 5.74) is 9.13. The lowest BCUT2D eigenvalue weighted by Crippen LogP contribution is -2.08. The van der Waals surface area contributed by atoms with Crippen LogP contribution in [0.15, 0.2) is 42.5 Å². The summed E-state index contributed by atoms with van der Waals surface area (Å²) in [5, 5.41) is 0.731. The molecule has 2 aromatic carbocycles. The van der Waals surface area contributed by atoms with Gasteiger partial charge in [-0.15, -0.1) is 0 Å². The molecule has 0 saturated heterocycles. The maximum atomic E-state index is 5.93. The Balaban J connectivity index is 2.00. The molecule has 0 bridgehead atoms. The van der Waals surface area contributed by atoms with Crippen molar-refractivity contribution in [3.8, 4) is 5.75 Å². The maximum absolute atomic E-state index is 5.93. The summed E-state index contributed by atoms with van der Waals surface area (Å²) < 4.78 is 5.82. The second-order valence-electron chi connectivity index (χ2n) is 5.08. The summed E-state index contributed by atoms with van der Waals surface area (Å²) in [6.45, 7) is 5.34. The van der Waals surface area contributed by atoms with E-state index in [1.54, 1.807) is 0 Å². The smallest absolute Gasteiger partial charge is 0.122 e. The molecule has 2 N–H and O–H groups in total. The van der Waals surface area contributed by atoms with Gasteiger partial charge in [0.05, 0.1) is 0 Å². The maximum Gasteiger partial charge on any atom is 0.122 e. The average Bonchev–Trinajstić information content (AvgIpc) is 2.46. The van der Waals surface area contributed by atoms with Crippen molar-refractivity contribution in [2.45, 2.75) is 26.4 Å². The van der Waals surface area contributed by atoms with Crippen LogP contribution in [0.25, 0.3) is 0 Å². The zero-order valence-corrected chi connectivity index (χ0v) is 12.7. The lowest BCUT2D eigenvalue weighted by molar-refractivity contribution is 0.304. The second kappa shape index (κ2) is 6.78. The molecule has 0 saturated carbocycles. The van der Waals surface area contributed by atoms with E-state index in [1.165, 1.54) is 5.56 Å². The second-order valence-corrected chi connectivity index (χ2v) is 5.51. The fourth-order valence-electron chi connectivity index (χ4n) is 2.01. The number of ether oxygens (including phenoxy) is 1. The summed E-state index contributed by atoms with van der Waals surface area (Å²) in [7, 11) is 0. The minimum absolute atomic E-state index is 0.392. The molecule has 0 spiro atoms. The number of hydrogen-bond acceptors (Lipinski definition) is 2.